The summed E-state index contributed by atoms with van der Waals surface area (Å²) in [5, 5.41) is 5.65. The Morgan fingerprint density at radius 2 is 1.13 bits per heavy atom. The topological polar surface area (TPSA) is 259 Å². The first-order chi connectivity index (χ1) is 36.7. The average molecular weight is 1170 g/mol. The second kappa shape index (κ2) is 23.7. The highest BCUT2D eigenvalue weighted by Crippen LogP contribution is 2.44. The Hall–Kier alpha value is -5.82. The van der Waals surface area contributed by atoms with Crippen LogP contribution in [0.5, 0.6) is 0 Å². The van der Waals surface area contributed by atoms with E-state index in [-0.39, 0.29) is 51.2 Å². The molecule has 0 aromatic heterocycles. The molecule has 3 fully saturated rings. The number of carbonyl (C=O) groups excluding carboxylic acids is 2. The van der Waals surface area contributed by atoms with E-state index in [1.807, 2.05) is 11.8 Å². The molecule has 4 aromatic carbocycles. The van der Waals surface area contributed by atoms with Gasteiger partial charge in [0.15, 0.2) is 0 Å². The fourth-order valence-electron chi connectivity index (χ4n) is 9.47. The second-order valence-electron chi connectivity index (χ2n) is 23.0. The molecule has 2 heterocycles. The van der Waals surface area contributed by atoms with Crippen LogP contribution in [-0.2, 0) is 44.8 Å². The molecular weight excluding hydrogens is 1090 g/mol. The monoisotopic (exact) mass is 1160 g/mol. The van der Waals surface area contributed by atoms with Crippen LogP contribution in [0.4, 0.5) is 34.1 Å². The van der Waals surface area contributed by atoms with Gasteiger partial charge in [-0.3, -0.25) is 19.0 Å². The number of piperidine rings is 2. The summed E-state index contributed by atoms with van der Waals surface area (Å²) in [6, 6.07) is 21.1. The number of allylic oxidation sites excluding steroid dienone is 2. The molecule has 0 atom stereocenters. The zero-order valence-electron chi connectivity index (χ0n) is 46.6. The maximum absolute atomic E-state index is 14.0. The number of amides is 2. The van der Waals surface area contributed by atoms with Crippen LogP contribution >= 0.6 is 0 Å². The van der Waals surface area contributed by atoms with Gasteiger partial charge in [0.2, 0.25) is 40.1 Å². The van der Waals surface area contributed by atoms with Crippen molar-refractivity contribution in [3.63, 3.8) is 0 Å². The number of hydrogen-bond donors (Lipinski definition) is 6. The summed E-state index contributed by atoms with van der Waals surface area (Å²) in [4.78, 5) is 31.9. The fourth-order valence-corrected chi connectivity index (χ4v) is 14.6. The first-order valence-corrected chi connectivity index (χ1v) is 32.4. The summed E-state index contributed by atoms with van der Waals surface area (Å²) in [5.41, 5.74) is 4.19. The van der Waals surface area contributed by atoms with Crippen molar-refractivity contribution in [2.24, 2.45) is 5.92 Å². The minimum atomic E-state index is -4.23. The molecule has 2 amide bonds. The number of hydrogen-bond acceptors (Lipinski definition) is 13. The smallest absolute Gasteiger partial charge is 0.257 e. The molecule has 23 heteroatoms. The van der Waals surface area contributed by atoms with Crippen LogP contribution in [0.15, 0.2) is 118 Å². The number of rotatable bonds is 22. The van der Waals surface area contributed by atoms with E-state index in [9.17, 15) is 43.3 Å². The third-order valence-corrected chi connectivity index (χ3v) is 21.1. The molecule has 0 radical (unpaired) electrons. The Balaban J connectivity index is 0.978. The minimum absolute atomic E-state index is 0.0229. The molecular formula is C56H76N8O11S4. The van der Waals surface area contributed by atoms with Crippen LogP contribution in [0.25, 0.3) is 0 Å². The summed E-state index contributed by atoms with van der Waals surface area (Å²) >= 11 is 0. The van der Waals surface area contributed by atoms with Gasteiger partial charge in [-0.1, -0.05) is 35.4 Å². The Kier molecular flexibility index (Phi) is 18.3. The van der Waals surface area contributed by atoms with Crippen LogP contribution in [0.1, 0.15) is 122 Å². The number of nitrogens with one attached hydrogen (secondary N) is 6. The largest absolute Gasteiger partial charge is 0.378 e. The van der Waals surface area contributed by atoms with E-state index in [0.29, 0.717) is 62.0 Å². The molecule has 4 aromatic rings. The lowest BCUT2D eigenvalue weighted by molar-refractivity contribution is 0.101. The van der Waals surface area contributed by atoms with Gasteiger partial charge in [0.25, 0.3) is 11.8 Å². The van der Waals surface area contributed by atoms with Gasteiger partial charge >= 0.3 is 0 Å². The van der Waals surface area contributed by atoms with E-state index >= 15 is 0 Å². The molecule has 0 bridgehead atoms. The summed E-state index contributed by atoms with van der Waals surface area (Å²) in [5.74, 6) is -1.21. The molecule has 79 heavy (non-hydrogen) atoms. The highest BCUT2D eigenvalue weighted by molar-refractivity contribution is 7.94. The number of ether oxygens (including phenoxy) is 1. The molecule has 7 rings (SSSR count). The van der Waals surface area contributed by atoms with Gasteiger partial charge in [0.05, 0.1) is 72.9 Å². The highest BCUT2D eigenvalue weighted by Gasteiger charge is 2.50. The lowest BCUT2D eigenvalue weighted by Crippen LogP contribution is -2.47. The number of sulfonamides is 4. The zero-order chi connectivity index (χ0) is 57.9. The van der Waals surface area contributed by atoms with Crippen molar-refractivity contribution in [1.82, 2.24) is 9.44 Å². The summed E-state index contributed by atoms with van der Waals surface area (Å²) in [6.45, 7) is 22.1. The standard InChI is InChI=1S/C56H76N8O11S4/c1-38(2)40-21-27-63(28-22-40)50-35-44(17-19-48(50)52(65)57-42-13-11-15-46(33-42)77(69,70)61-54(5,6)7)59-76(67,68)32-31-75-37-55(8,9)62-78(71,72)47-16-12-14-43(34-47)58-53(66)49-20-18-45(60-79(73,74)56(10)25-26-56)36-51(49)64-29-23-41(24-30-64)39(3)4/h11-20,33-36,41,59-62H,3,21-32,37H2,1-2,4-10H3,(H,57,65)(H,58,66). The molecule has 6 N–H and O–H groups in total. The van der Waals surface area contributed by atoms with Crippen molar-refractivity contribution in [3.05, 3.63) is 119 Å². The summed E-state index contributed by atoms with van der Waals surface area (Å²) in [7, 11) is -15.8. The molecule has 1 aliphatic carbocycles. The molecule has 19 nitrogen and oxygen atoms in total. The third kappa shape index (κ3) is 16.0. The lowest BCUT2D eigenvalue weighted by Gasteiger charge is -2.35. The quantitative estimate of drug-likeness (QED) is 0.0318. The van der Waals surface area contributed by atoms with E-state index < -0.39 is 73.5 Å². The van der Waals surface area contributed by atoms with Crippen LogP contribution in [-0.4, -0.2) is 106 Å². The van der Waals surface area contributed by atoms with E-state index in [1.54, 1.807) is 77.9 Å². The fraction of sp³-hybridized carbons (Fsp3) is 0.464. The van der Waals surface area contributed by atoms with Crippen molar-refractivity contribution in [3.8, 4) is 0 Å². The van der Waals surface area contributed by atoms with Crippen molar-refractivity contribution >= 4 is 86.0 Å². The Labute approximate surface area is 467 Å². The maximum atomic E-state index is 14.0. The maximum Gasteiger partial charge on any atom is 0.257 e. The van der Waals surface area contributed by atoms with Crippen molar-refractivity contribution in [2.75, 3.05) is 75.0 Å². The summed E-state index contributed by atoms with van der Waals surface area (Å²) in [6.07, 6.45) is 4.23. The van der Waals surface area contributed by atoms with Crippen molar-refractivity contribution in [1.29, 1.82) is 0 Å². The van der Waals surface area contributed by atoms with Crippen LogP contribution in [0.3, 0.4) is 0 Å². The van der Waals surface area contributed by atoms with Crippen molar-refractivity contribution in [2.45, 2.75) is 126 Å². The Morgan fingerprint density at radius 3 is 1.59 bits per heavy atom. The van der Waals surface area contributed by atoms with E-state index in [0.717, 1.165) is 31.3 Å². The first kappa shape index (κ1) is 60.8. The predicted molar refractivity (Wildman–Crippen MR) is 314 cm³/mol. The van der Waals surface area contributed by atoms with E-state index in [4.69, 9.17) is 4.74 Å². The first-order valence-electron chi connectivity index (χ1n) is 26.3. The lowest BCUT2D eigenvalue weighted by atomic mass is 9.90. The molecule has 430 valence electrons. The van der Waals surface area contributed by atoms with Crippen LogP contribution < -0.4 is 39.3 Å². The average Bonchev–Trinajstić information content (AvgIpc) is 4.23. The highest BCUT2D eigenvalue weighted by atomic mass is 32.2. The molecule has 2 aliphatic heterocycles. The number of anilines is 6. The number of carbonyl (C=O) groups is 2. The van der Waals surface area contributed by atoms with Gasteiger partial charge in [-0.15, -0.1) is 0 Å². The Morgan fingerprint density at radius 1 is 0.646 bits per heavy atom. The van der Waals surface area contributed by atoms with Gasteiger partial charge in [-0.2, -0.15) is 0 Å². The minimum Gasteiger partial charge on any atom is -0.378 e. The summed E-state index contributed by atoms with van der Waals surface area (Å²) < 4.78 is 123. The zero-order valence-corrected chi connectivity index (χ0v) is 49.8. The van der Waals surface area contributed by atoms with E-state index in [2.05, 4.69) is 54.8 Å². The van der Waals surface area contributed by atoms with Gasteiger partial charge < -0.3 is 25.2 Å². The second-order valence-corrected chi connectivity index (χ2v) is 30.4. The van der Waals surface area contributed by atoms with Gasteiger partial charge in [0.1, 0.15) is 0 Å². The van der Waals surface area contributed by atoms with Crippen LogP contribution in [0, 0.1) is 5.92 Å². The normalized spacial score (nSPS) is 16.5. The SMILES string of the molecule is C=C(C)C1CCN(c2cc(NS(=O)(=O)C3(C)CC3)ccc2C(=O)Nc2cccc(S(=O)(=O)NC(C)(C)COCCS(=O)(=O)Nc3ccc(C(=O)Nc4cccc(S(=O)(=O)NC(C)(C)C)c4)c(N4CCC(=C(C)C)CC4)c3)c2)CC1. The van der Waals surface area contributed by atoms with Crippen LogP contribution in [0.2, 0.25) is 0 Å². The van der Waals surface area contributed by atoms with Crippen molar-refractivity contribution < 1.29 is 48.0 Å². The Bertz CT molecular complexity index is 3460. The third-order valence-electron chi connectivity index (χ3n) is 14.2. The molecule has 2 saturated heterocycles. The molecule has 0 spiro atoms. The van der Waals surface area contributed by atoms with Gasteiger partial charge in [-0.25, -0.2) is 43.1 Å². The van der Waals surface area contributed by atoms with E-state index in [1.165, 1.54) is 59.7 Å². The number of benzene rings is 4. The predicted octanol–water partition coefficient (Wildman–Crippen LogP) is 8.81. The van der Waals surface area contributed by atoms with Gasteiger partial charge in [-0.05, 0) is 180 Å². The molecule has 3 aliphatic rings. The molecule has 0 unspecified atom stereocenters. The molecule has 1 saturated carbocycles. The number of nitrogens with zero attached hydrogens (tertiary/aromatic N) is 2. The van der Waals surface area contributed by atoms with Gasteiger partial charge in [0, 0.05) is 43.1 Å².